The number of fused-ring (bicyclic) bond motifs is 1. The molecule has 0 spiro atoms. The van der Waals surface area contributed by atoms with E-state index in [4.69, 9.17) is 0 Å². The van der Waals surface area contributed by atoms with Gasteiger partial charge in [-0.1, -0.05) is 25.2 Å². The Bertz CT molecular complexity index is 933. The highest BCUT2D eigenvalue weighted by Gasteiger charge is 2.20. The van der Waals surface area contributed by atoms with Crippen molar-refractivity contribution < 1.29 is 0 Å². The van der Waals surface area contributed by atoms with Crippen LogP contribution in [0.3, 0.4) is 0 Å². The monoisotopic (exact) mass is 394 g/mol. The van der Waals surface area contributed by atoms with E-state index in [1.165, 1.54) is 11.3 Å². The molecule has 0 saturated heterocycles. The van der Waals surface area contributed by atoms with E-state index in [9.17, 15) is 0 Å². The van der Waals surface area contributed by atoms with Gasteiger partial charge in [-0.15, -0.1) is 10.2 Å². The van der Waals surface area contributed by atoms with Gasteiger partial charge in [0.05, 0.1) is 10.2 Å². The lowest BCUT2D eigenvalue weighted by molar-refractivity contribution is 0.807. The first-order valence-electron chi connectivity index (χ1n) is 6.64. The van der Waals surface area contributed by atoms with E-state index in [2.05, 4.69) is 55.3 Å². The summed E-state index contributed by atoms with van der Waals surface area (Å²) in [6, 6.07) is 2.02. The quantitative estimate of drug-likeness (QED) is 0.565. The number of halogens is 1. The van der Waals surface area contributed by atoms with Crippen molar-refractivity contribution in [2.24, 2.45) is 0 Å². The van der Waals surface area contributed by atoms with Crippen LogP contribution in [0.25, 0.3) is 27.1 Å². The number of hydrogen-bond acceptors (Lipinski definition) is 6. The van der Waals surface area contributed by atoms with Crippen LogP contribution in [0.1, 0.15) is 25.5 Å². The third-order valence-corrected chi connectivity index (χ3v) is 5.67. The molecular formula is C13H11BrN6S2. The minimum atomic E-state index is 0.364. The predicted octanol–water partition coefficient (Wildman–Crippen LogP) is 4.19. The Morgan fingerprint density at radius 3 is 2.86 bits per heavy atom. The summed E-state index contributed by atoms with van der Waals surface area (Å²) in [7, 11) is 0. The molecule has 22 heavy (non-hydrogen) atoms. The summed E-state index contributed by atoms with van der Waals surface area (Å²) in [6.45, 7) is 4.24. The van der Waals surface area contributed by atoms with Crippen LogP contribution in [0.5, 0.6) is 0 Å². The zero-order chi connectivity index (χ0) is 15.3. The Morgan fingerprint density at radius 1 is 1.32 bits per heavy atom. The highest BCUT2D eigenvalue weighted by molar-refractivity contribution is 9.10. The second-order valence-corrected chi connectivity index (χ2v) is 7.62. The van der Waals surface area contributed by atoms with Crippen LogP contribution in [0, 0.1) is 0 Å². The van der Waals surface area contributed by atoms with Crippen LogP contribution in [-0.2, 0) is 0 Å². The van der Waals surface area contributed by atoms with Gasteiger partial charge in [-0.3, -0.25) is 5.10 Å². The Morgan fingerprint density at radius 2 is 2.18 bits per heavy atom. The predicted molar refractivity (Wildman–Crippen MR) is 91.3 cm³/mol. The fourth-order valence-corrected chi connectivity index (χ4v) is 4.57. The molecule has 0 saturated carbocycles. The molecule has 0 aliphatic carbocycles. The minimum absolute atomic E-state index is 0.364. The van der Waals surface area contributed by atoms with Gasteiger partial charge in [0.1, 0.15) is 5.69 Å². The third kappa shape index (κ3) is 2.11. The molecule has 0 atom stereocenters. The lowest BCUT2D eigenvalue weighted by atomic mass is 10.1. The average molecular weight is 395 g/mol. The Hall–Kier alpha value is -1.58. The van der Waals surface area contributed by atoms with Crippen LogP contribution in [0.2, 0.25) is 0 Å². The summed E-state index contributed by atoms with van der Waals surface area (Å²) >= 11 is 6.73. The van der Waals surface area contributed by atoms with Crippen molar-refractivity contribution >= 4 is 43.6 Å². The van der Waals surface area contributed by atoms with Crippen molar-refractivity contribution in [1.82, 2.24) is 30.0 Å². The minimum Gasteiger partial charge on any atom is -0.280 e. The van der Waals surface area contributed by atoms with Crippen molar-refractivity contribution in [3.63, 3.8) is 0 Å². The lowest BCUT2D eigenvalue weighted by Crippen LogP contribution is -1.90. The summed E-state index contributed by atoms with van der Waals surface area (Å²) in [4.78, 5) is 0.761. The number of nitrogens with one attached hydrogen (secondary N) is 1. The highest BCUT2D eigenvalue weighted by atomic mass is 79.9. The van der Waals surface area contributed by atoms with Gasteiger partial charge >= 0.3 is 0 Å². The van der Waals surface area contributed by atoms with E-state index in [-0.39, 0.29) is 0 Å². The van der Waals surface area contributed by atoms with Gasteiger partial charge in [-0.25, -0.2) is 0 Å². The van der Waals surface area contributed by atoms with Gasteiger partial charge < -0.3 is 0 Å². The Balaban J connectivity index is 1.84. The number of nitrogens with zero attached hydrogens (tertiary/aromatic N) is 5. The third-order valence-electron chi connectivity index (χ3n) is 3.28. The molecule has 4 rings (SSSR count). The molecule has 4 aromatic heterocycles. The molecule has 4 aromatic rings. The van der Waals surface area contributed by atoms with Gasteiger partial charge in [-0.2, -0.15) is 26.0 Å². The van der Waals surface area contributed by atoms with E-state index in [0.29, 0.717) is 5.92 Å². The van der Waals surface area contributed by atoms with E-state index >= 15 is 0 Å². The van der Waals surface area contributed by atoms with Crippen LogP contribution in [-0.4, -0.2) is 30.0 Å². The number of hydrogen-bond donors (Lipinski definition) is 1. The molecule has 6 nitrogen and oxygen atoms in total. The van der Waals surface area contributed by atoms with Crippen molar-refractivity contribution in [3.05, 3.63) is 27.0 Å². The van der Waals surface area contributed by atoms with Crippen molar-refractivity contribution in [3.8, 4) is 22.1 Å². The first kappa shape index (κ1) is 14.0. The molecule has 0 aliphatic heterocycles. The number of aromatic nitrogens is 6. The van der Waals surface area contributed by atoms with Gasteiger partial charge in [0.2, 0.25) is 4.96 Å². The Labute approximate surface area is 142 Å². The number of rotatable bonds is 3. The van der Waals surface area contributed by atoms with Crippen LogP contribution in [0.15, 0.2) is 21.3 Å². The maximum atomic E-state index is 4.63. The van der Waals surface area contributed by atoms with Gasteiger partial charge in [0.25, 0.3) is 0 Å². The van der Waals surface area contributed by atoms with E-state index in [0.717, 1.165) is 37.2 Å². The smallest absolute Gasteiger partial charge is 0.235 e. The molecular weight excluding hydrogens is 384 g/mol. The molecule has 1 N–H and O–H groups in total. The van der Waals surface area contributed by atoms with Crippen LogP contribution in [0.4, 0.5) is 0 Å². The number of thiophene rings is 1. The maximum Gasteiger partial charge on any atom is 0.235 e. The number of H-pyrrole nitrogens is 1. The van der Waals surface area contributed by atoms with Crippen LogP contribution < -0.4 is 0 Å². The molecule has 0 bridgehead atoms. The second kappa shape index (κ2) is 5.25. The summed E-state index contributed by atoms with van der Waals surface area (Å²) in [6.07, 6.45) is 0. The molecule has 0 radical (unpaired) electrons. The van der Waals surface area contributed by atoms with Gasteiger partial charge in [-0.05, 0) is 33.3 Å². The zero-order valence-corrected chi connectivity index (χ0v) is 15.0. The van der Waals surface area contributed by atoms with Gasteiger partial charge in [0, 0.05) is 10.9 Å². The van der Waals surface area contributed by atoms with E-state index < -0.39 is 0 Å². The normalized spacial score (nSPS) is 11.8. The SMILES string of the molecule is CC(C)c1[nH]nc(-c2nn3c(-c4ccsc4)nnc3s2)c1Br. The summed E-state index contributed by atoms with van der Waals surface area (Å²) in [5, 5.41) is 25.4. The summed E-state index contributed by atoms with van der Waals surface area (Å²) in [5.74, 6) is 1.12. The largest absolute Gasteiger partial charge is 0.280 e. The van der Waals surface area contributed by atoms with Gasteiger partial charge in [0.15, 0.2) is 10.8 Å². The van der Waals surface area contributed by atoms with E-state index in [1.807, 2.05) is 16.8 Å². The summed E-state index contributed by atoms with van der Waals surface area (Å²) < 4.78 is 2.74. The highest BCUT2D eigenvalue weighted by Crippen LogP contribution is 2.35. The van der Waals surface area contributed by atoms with Crippen molar-refractivity contribution in [1.29, 1.82) is 0 Å². The first-order valence-corrected chi connectivity index (χ1v) is 9.19. The van der Waals surface area contributed by atoms with Crippen molar-refractivity contribution in [2.45, 2.75) is 19.8 Å². The zero-order valence-electron chi connectivity index (χ0n) is 11.7. The molecule has 0 unspecified atom stereocenters. The lowest BCUT2D eigenvalue weighted by Gasteiger charge is -2.00. The molecule has 0 amide bonds. The van der Waals surface area contributed by atoms with Crippen LogP contribution >= 0.6 is 38.6 Å². The van der Waals surface area contributed by atoms with E-state index in [1.54, 1.807) is 15.9 Å². The second-order valence-electron chi connectivity index (χ2n) is 5.09. The first-order chi connectivity index (χ1) is 10.6. The Kier molecular flexibility index (Phi) is 3.35. The standard InChI is InChI=1S/C13H11BrN6S2/c1-6(2)9-8(14)10(16-15-9)12-19-20-11(7-3-4-21-5-7)17-18-13(20)22-12/h3-6H,1-2H3,(H,15,16). The summed E-state index contributed by atoms with van der Waals surface area (Å²) in [5.41, 5.74) is 2.91. The fraction of sp³-hybridized carbons (Fsp3) is 0.231. The number of aromatic amines is 1. The molecule has 0 fully saturated rings. The molecule has 9 heteroatoms. The molecule has 4 heterocycles. The molecule has 0 aliphatic rings. The molecule has 112 valence electrons. The maximum absolute atomic E-state index is 4.63. The topological polar surface area (TPSA) is 71.8 Å². The molecule has 0 aromatic carbocycles. The average Bonchev–Trinajstić information content (AvgIpc) is 3.20. The van der Waals surface area contributed by atoms with Crippen molar-refractivity contribution in [2.75, 3.05) is 0 Å². The fourth-order valence-electron chi connectivity index (χ4n) is 2.15.